The first-order chi connectivity index (χ1) is 12.1. The van der Waals surface area contributed by atoms with Crippen LogP contribution in [0, 0.1) is 5.41 Å². The van der Waals surface area contributed by atoms with Crippen LogP contribution in [0.5, 0.6) is 0 Å². The summed E-state index contributed by atoms with van der Waals surface area (Å²) in [5, 5.41) is 14.9. The Balaban J connectivity index is 2.16. The maximum atomic E-state index is 12.0. The van der Waals surface area contributed by atoms with Crippen LogP contribution in [0.1, 0.15) is 39.7 Å². The van der Waals surface area contributed by atoms with Gasteiger partial charge >= 0.3 is 6.09 Å². The third-order valence-corrected chi connectivity index (χ3v) is 3.38. The summed E-state index contributed by atoms with van der Waals surface area (Å²) < 4.78 is 10.4. The van der Waals surface area contributed by atoms with Crippen LogP contribution in [-0.2, 0) is 20.9 Å². The van der Waals surface area contributed by atoms with Crippen molar-refractivity contribution in [3.8, 4) is 0 Å². The summed E-state index contributed by atoms with van der Waals surface area (Å²) in [7, 11) is 0. The number of nitrogens with one attached hydrogen (secondary N) is 2. The average molecular weight is 366 g/mol. The summed E-state index contributed by atoms with van der Waals surface area (Å²) in [6, 6.07) is 9.39. The highest BCUT2D eigenvalue weighted by molar-refractivity contribution is 5.76. The maximum absolute atomic E-state index is 12.0. The number of aliphatic hydroxyl groups is 1. The lowest BCUT2D eigenvalue weighted by Crippen LogP contribution is -2.38. The molecule has 0 heterocycles. The van der Waals surface area contributed by atoms with Crippen LogP contribution in [-0.4, -0.2) is 42.6 Å². The highest BCUT2D eigenvalue weighted by Crippen LogP contribution is 2.22. The fraction of sp³-hybridized carbons (Fsp3) is 0.579. The third-order valence-electron chi connectivity index (χ3n) is 3.38. The topological polar surface area (TPSA) is 96.9 Å². The summed E-state index contributed by atoms with van der Waals surface area (Å²) in [4.78, 5) is 23.5. The molecule has 0 aliphatic carbocycles. The monoisotopic (exact) mass is 366 g/mol. The SMILES string of the molecule is CC(C)(COC(C)(C)O)CC(=O)NCCNC(=O)OCc1ccccc1. The van der Waals surface area contributed by atoms with E-state index in [0.717, 1.165) is 5.56 Å². The van der Waals surface area contributed by atoms with Crippen molar-refractivity contribution >= 4 is 12.0 Å². The quantitative estimate of drug-likeness (QED) is 0.436. The number of amides is 2. The molecule has 0 spiro atoms. The fourth-order valence-corrected chi connectivity index (χ4v) is 2.06. The van der Waals surface area contributed by atoms with E-state index in [1.807, 2.05) is 44.2 Å². The van der Waals surface area contributed by atoms with Crippen LogP contribution in [0.3, 0.4) is 0 Å². The maximum Gasteiger partial charge on any atom is 0.407 e. The summed E-state index contributed by atoms with van der Waals surface area (Å²) >= 11 is 0. The van der Waals surface area contributed by atoms with E-state index in [2.05, 4.69) is 10.6 Å². The molecule has 7 heteroatoms. The first-order valence-corrected chi connectivity index (χ1v) is 8.65. The zero-order valence-electron chi connectivity index (χ0n) is 16.0. The molecule has 1 aromatic rings. The second-order valence-electron chi connectivity index (χ2n) is 7.41. The van der Waals surface area contributed by atoms with E-state index in [4.69, 9.17) is 9.47 Å². The smallest absolute Gasteiger partial charge is 0.407 e. The molecule has 0 unspecified atom stereocenters. The third kappa shape index (κ3) is 10.7. The van der Waals surface area contributed by atoms with E-state index in [0.29, 0.717) is 6.54 Å². The van der Waals surface area contributed by atoms with Gasteiger partial charge in [-0.3, -0.25) is 4.79 Å². The zero-order chi connectivity index (χ0) is 19.6. The molecule has 7 nitrogen and oxygen atoms in total. The van der Waals surface area contributed by atoms with E-state index >= 15 is 0 Å². The van der Waals surface area contributed by atoms with Crippen LogP contribution in [0.4, 0.5) is 4.79 Å². The molecule has 3 N–H and O–H groups in total. The number of carbonyl (C=O) groups is 2. The first kappa shape index (κ1) is 21.9. The van der Waals surface area contributed by atoms with Crippen molar-refractivity contribution in [2.24, 2.45) is 5.41 Å². The van der Waals surface area contributed by atoms with E-state index in [1.165, 1.54) is 0 Å². The normalized spacial score (nSPS) is 11.7. The van der Waals surface area contributed by atoms with Crippen molar-refractivity contribution in [3.63, 3.8) is 0 Å². The molecule has 0 aliphatic heterocycles. The molecule has 146 valence electrons. The standard InChI is InChI=1S/C19H30N2O5/c1-18(2,14-26-19(3,4)24)12-16(22)20-10-11-21-17(23)25-13-15-8-6-5-7-9-15/h5-9,24H,10-14H2,1-4H3,(H,20,22)(H,21,23). The lowest BCUT2D eigenvalue weighted by molar-refractivity contribution is -0.192. The van der Waals surface area contributed by atoms with Crippen LogP contribution in [0.25, 0.3) is 0 Å². The van der Waals surface area contributed by atoms with Crippen LogP contribution < -0.4 is 10.6 Å². The van der Waals surface area contributed by atoms with E-state index in [1.54, 1.807) is 13.8 Å². The Morgan fingerprint density at radius 1 is 1.04 bits per heavy atom. The van der Waals surface area contributed by atoms with Gasteiger partial charge in [-0.1, -0.05) is 44.2 Å². The van der Waals surface area contributed by atoms with Gasteiger partial charge in [0, 0.05) is 19.5 Å². The second kappa shape index (κ2) is 10.1. The number of hydrogen-bond acceptors (Lipinski definition) is 5. The molecular weight excluding hydrogens is 336 g/mol. The van der Waals surface area contributed by atoms with Crippen molar-refractivity contribution in [1.29, 1.82) is 0 Å². The van der Waals surface area contributed by atoms with Crippen molar-refractivity contribution in [2.75, 3.05) is 19.7 Å². The van der Waals surface area contributed by atoms with Gasteiger partial charge < -0.3 is 25.2 Å². The van der Waals surface area contributed by atoms with Gasteiger partial charge in [0.05, 0.1) is 6.61 Å². The van der Waals surface area contributed by atoms with Gasteiger partial charge in [-0.15, -0.1) is 0 Å². The minimum atomic E-state index is -1.22. The Morgan fingerprint density at radius 2 is 1.65 bits per heavy atom. The van der Waals surface area contributed by atoms with Crippen LogP contribution in [0.2, 0.25) is 0 Å². The predicted octanol–water partition coefficient (Wildman–Crippen LogP) is 2.19. The Hall–Kier alpha value is -2.12. The molecule has 0 bridgehead atoms. The van der Waals surface area contributed by atoms with E-state index < -0.39 is 17.3 Å². The molecule has 0 saturated heterocycles. The minimum Gasteiger partial charge on any atom is -0.445 e. The molecule has 1 rings (SSSR count). The van der Waals surface area contributed by atoms with Crippen LogP contribution in [0.15, 0.2) is 30.3 Å². The van der Waals surface area contributed by atoms with E-state index in [9.17, 15) is 14.7 Å². The highest BCUT2D eigenvalue weighted by Gasteiger charge is 2.25. The van der Waals surface area contributed by atoms with Gasteiger partial charge in [-0.2, -0.15) is 0 Å². The lowest BCUT2D eigenvalue weighted by Gasteiger charge is -2.28. The number of rotatable bonds is 10. The zero-order valence-corrected chi connectivity index (χ0v) is 16.0. The van der Waals surface area contributed by atoms with Gasteiger partial charge in [-0.05, 0) is 24.8 Å². The molecule has 2 amide bonds. The van der Waals surface area contributed by atoms with Crippen molar-refractivity contribution in [3.05, 3.63) is 35.9 Å². The van der Waals surface area contributed by atoms with Gasteiger partial charge in [-0.25, -0.2) is 4.79 Å². The number of carbonyl (C=O) groups excluding carboxylic acids is 2. The molecular formula is C19H30N2O5. The minimum absolute atomic E-state index is 0.145. The molecule has 0 fully saturated rings. The second-order valence-corrected chi connectivity index (χ2v) is 7.41. The summed E-state index contributed by atoms with van der Waals surface area (Å²) in [6.45, 7) is 7.91. The van der Waals surface area contributed by atoms with Crippen molar-refractivity contribution in [1.82, 2.24) is 10.6 Å². The van der Waals surface area contributed by atoms with Gasteiger partial charge in [0.2, 0.25) is 5.91 Å². The predicted molar refractivity (Wildman–Crippen MR) is 98.3 cm³/mol. The lowest BCUT2D eigenvalue weighted by atomic mass is 9.90. The van der Waals surface area contributed by atoms with Crippen molar-refractivity contribution < 1.29 is 24.2 Å². The Morgan fingerprint density at radius 3 is 2.27 bits per heavy atom. The number of hydrogen-bond donors (Lipinski definition) is 3. The fourth-order valence-electron chi connectivity index (χ4n) is 2.06. The van der Waals surface area contributed by atoms with Gasteiger partial charge in [0.25, 0.3) is 0 Å². The van der Waals surface area contributed by atoms with Crippen molar-refractivity contribution in [2.45, 2.75) is 46.5 Å². The molecule has 0 aliphatic rings. The Bertz CT molecular complexity index is 567. The number of alkyl carbamates (subject to hydrolysis) is 1. The van der Waals surface area contributed by atoms with Crippen LogP contribution >= 0.6 is 0 Å². The Labute approximate surface area is 155 Å². The average Bonchev–Trinajstić information content (AvgIpc) is 2.55. The summed E-state index contributed by atoms with van der Waals surface area (Å²) in [5.41, 5.74) is 0.498. The molecule has 0 radical (unpaired) electrons. The largest absolute Gasteiger partial charge is 0.445 e. The molecule has 0 saturated carbocycles. The number of benzene rings is 1. The molecule has 0 aromatic heterocycles. The summed E-state index contributed by atoms with van der Waals surface area (Å²) in [5.74, 6) is -1.37. The first-order valence-electron chi connectivity index (χ1n) is 8.65. The van der Waals surface area contributed by atoms with Gasteiger partial charge in [0.15, 0.2) is 5.79 Å². The molecule has 26 heavy (non-hydrogen) atoms. The van der Waals surface area contributed by atoms with E-state index in [-0.39, 0.29) is 32.1 Å². The summed E-state index contributed by atoms with van der Waals surface area (Å²) in [6.07, 6.45) is -0.274. The Kier molecular flexibility index (Phi) is 8.54. The molecule has 0 atom stereocenters. The molecule has 1 aromatic carbocycles. The highest BCUT2D eigenvalue weighted by atomic mass is 16.6. The van der Waals surface area contributed by atoms with Gasteiger partial charge in [0.1, 0.15) is 6.61 Å². The number of ether oxygens (including phenoxy) is 2.